The Balaban J connectivity index is 2.16. The van der Waals surface area contributed by atoms with Crippen molar-refractivity contribution >= 4 is 32.3 Å². The summed E-state index contributed by atoms with van der Waals surface area (Å²) in [5, 5.41) is 6.55. The Morgan fingerprint density at radius 1 is 0.632 bits per heavy atom. The number of hydrogen-bond acceptors (Lipinski definition) is 0. The standard InChI is InChI=1S/C18H10F/c19-18-6-5-14-9-15-7-12-3-1-2-4-13(12)8-16(15)10-17(14)11-18/h1-10H. The summed E-state index contributed by atoms with van der Waals surface area (Å²) in [6.07, 6.45) is 0. The van der Waals surface area contributed by atoms with E-state index in [2.05, 4.69) is 36.4 Å². The topological polar surface area (TPSA) is 0 Å². The fourth-order valence-electron chi connectivity index (χ4n) is 2.59. The molecule has 4 rings (SSSR count). The largest absolute Gasteiger partial charge is 0.206 e. The first kappa shape index (κ1) is 10.5. The third kappa shape index (κ3) is 1.66. The van der Waals surface area contributed by atoms with Crippen LogP contribution in [0.15, 0.2) is 60.7 Å². The van der Waals surface area contributed by atoms with E-state index in [9.17, 15) is 4.39 Å². The summed E-state index contributed by atoms with van der Waals surface area (Å²) in [5.41, 5.74) is 0. The number of rotatable bonds is 0. The van der Waals surface area contributed by atoms with Gasteiger partial charge in [-0.25, -0.2) is 4.39 Å². The Kier molecular flexibility index (Phi) is 2.10. The molecule has 0 atom stereocenters. The van der Waals surface area contributed by atoms with Crippen LogP contribution >= 0.6 is 0 Å². The SMILES string of the molecule is Fc1[c]c2cc3cc4ccccc4cc3cc2cc1. The minimum atomic E-state index is -0.312. The maximum atomic E-state index is 13.2. The smallest absolute Gasteiger partial charge is 0.131 e. The first-order valence-electron chi connectivity index (χ1n) is 6.24. The van der Waals surface area contributed by atoms with Crippen LogP contribution in [0.4, 0.5) is 4.39 Å². The highest BCUT2D eigenvalue weighted by atomic mass is 19.1. The second-order valence-electron chi connectivity index (χ2n) is 4.79. The van der Waals surface area contributed by atoms with Crippen molar-refractivity contribution in [2.75, 3.05) is 0 Å². The van der Waals surface area contributed by atoms with Crippen LogP contribution < -0.4 is 0 Å². The van der Waals surface area contributed by atoms with E-state index in [1.165, 1.54) is 22.2 Å². The molecule has 0 fully saturated rings. The van der Waals surface area contributed by atoms with Crippen LogP contribution in [0.3, 0.4) is 0 Å². The Hall–Kier alpha value is -2.41. The Labute approximate surface area is 110 Å². The van der Waals surface area contributed by atoms with Gasteiger partial charge >= 0.3 is 0 Å². The van der Waals surface area contributed by atoms with Crippen molar-refractivity contribution < 1.29 is 4.39 Å². The molecular formula is C18H10F. The van der Waals surface area contributed by atoms with E-state index in [1.807, 2.05) is 18.2 Å². The van der Waals surface area contributed by atoms with Gasteiger partial charge in [-0.3, -0.25) is 0 Å². The zero-order chi connectivity index (χ0) is 12.8. The van der Waals surface area contributed by atoms with Gasteiger partial charge in [0.25, 0.3) is 0 Å². The van der Waals surface area contributed by atoms with Crippen LogP contribution in [-0.4, -0.2) is 0 Å². The zero-order valence-electron chi connectivity index (χ0n) is 10.2. The van der Waals surface area contributed by atoms with E-state index in [-0.39, 0.29) is 5.82 Å². The molecule has 1 heteroatoms. The summed E-state index contributed by atoms with van der Waals surface area (Å²) in [5.74, 6) is -0.312. The average Bonchev–Trinajstić information content (AvgIpc) is 2.43. The van der Waals surface area contributed by atoms with Crippen molar-refractivity contribution in [3.05, 3.63) is 72.5 Å². The van der Waals surface area contributed by atoms with Crippen molar-refractivity contribution in [2.45, 2.75) is 0 Å². The molecule has 0 bridgehead atoms. The molecule has 0 aliphatic carbocycles. The molecular weight excluding hydrogens is 235 g/mol. The lowest BCUT2D eigenvalue weighted by Gasteiger charge is -2.05. The third-order valence-corrected chi connectivity index (χ3v) is 3.54. The van der Waals surface area contributed by atoms with Gasteiger partial charge in [-0.05, 0) is 62.6 Å². The van der Waals surface area contributed by atoms with Crippen LogP contribution in [0.1, 0.15) is 0 Å². The van der Waals surface area contributed by atoms with Crippen LogP contribution in [0.2, 0.25) is 0 Å². The normalized spacial score (nSPS) is 11.4. The third-order valence-electron chi connectivity index (χ3n) is 3.54. The summed E-state index contributed by atoms with van der Waals surface area (Å²) in [6, 6.07) is 22.7. The van der Waals surface area contributed by atoms with Crippen molar-refractivity contribution in [3.63, 3.8) is 0 Å². The summed E-state index contributed by atoms with van der Waals surface area (Å²) in [4.78, 5) is 0. The predicted octanol–water partition coefficient (Wildman–Crippen LogP) is 5.09. The quantitative estimate of drug-likeness (QED) is 0.379. The van der Waals surface area contributed by atoms with Crippen molar-refractivity contribution in [3.8, 4) is 0 Å². The fraction of sp³-hybridized carbons (Fsp3) is 0. The van der Waals surface area contributed by atoms with Crippen LogP contribution in [-0.2, 0) is 0 Å². The highest BCUT2D eigenvalue weighted by molar-refractivity contribution is 6.04. The van der Waals surface area contributed by atoms with Gasteiger partial charge in [-0.2, -0.15) is 0 Å². The Bertz CT molecular complexity index is 922. The number of benzene rings is 4. The maximum absolute atomic E-state index is 13.2. The monoisotopic (exact) mass is 245 g/mol. The van der Waals surface area contributed by atoms with Crippen LogP contribution in [0.25, 0.3) is 32.3 Å². The van der Waals surface area contributed by atoms with Gasteiger partial charge < -0.3 is 0 Å². The molecule has 1 radical (unpaired) electrons. The van der Waals surface area contributed by atoms with E-state index in [0.717, 1.165) is 16.2 Å². The number of fused-ring (bicyclic) bond motifs is 3. The van der Waals surface area contributed by atoms with Crippen LogP contribution in [0, 0.1) is 11.9 Å². The van der Waals surface area contributed by atoms with Gasteiger partial charge in [0.05, 0.1) is 0 Å². The summed E-state index contributed by atoms with van der Waals surface area (Å²) < 4.78 is 13.2. The molecule has 89 valence electrons. The minimum Gasteiger partial charge on any atom is -0.206 e. The lowest BCUT2D eigenvalue weighted by molar-refractivity contribution is 0.627. The van der Waals surface area contributed by atoms with E-state index < -0.39 is 0 Å². The second-order valence-corrected chi connectivity index (χ2v) is 4.79. The number of hydrogen-bond donors (Lipinski definition) is 0. The lowest BCUT2D eigenvalue weighted by atomic mass is 10.00. The highest BCUT2D eigenvalue weighted by Crippen LogP contribution is 2.27. The molecule has 0 aliphatic heterocycles. The second kappa shape index (κ2) is 3.79. The van der Waals surface area contributed by atoms with Crippen molar-refractivity contribution in [2.24, 2.45) is 0 Å². The number of halogens is 1. The van der Waals surface area contributed by atoms with Gasteiger partial charge in [0.1, 0.15) is 5.82 Å². The molecule has 0 spiro atoms. The molecule has 0 saturated heterocycles. The van der Waals surface area contributed by atoms with Gasteiger partial charge in [0.15, 0.2) is 0 Å². The molecule has 0 aliphatic rings. The molecule has 0 nitrogen and oxygen atoms in total. The average molecular weight is 245 g/mol. The zero-order valence-corrected chi connectivity index (χ0v) is 10.2. The van der Waals surface area contributed by atoms with Gasteiger partial charge in [-0.1, -0.05) is 30.3 Å². The molecule has 0 unspecified atom stereocenters. The van der Waals surface area contributed by atoms with E-state index in [4.69, 9.17) is 0 Å². The maximum Gasteiger partial charge on any atom is 0.131 e. The predicted molar refractivity (Wildman–Crippen MR) is 77.8 cm³/mol. The van der Waals surface area contributed by atoms with Gasteiger partial charge in [-0.15, -0.1) is 0 Å². The van der Waals surface area contributed by atoms with Gasteiger partial charge in [0, 0.05) is 6.07 Å². The Morgan fingerprint density at radius 2 is 1.26 bits per heavy atom. The first-order chi connectivity index (χ1) is 9.29. The van der Waals surface area contributed by atoms with Crippen molar-refractivity contribution in [1.82, 2.24) is 0 Å². The molecule has 19 heavy (non-hydrogen) atoms. The summed E-state index contributed by atoms with van der Waals surface area (Å²) in [7, 11) is 0. The molecule has 0 amide bonds. The van der Waals surface area contributed by atoms with Crippen molar-refractivity contribution in [1.29, 1.82) is 0 Å². The molecule has 0 N–H and O–H groups in total. The summed E-state index contributed by atoms with van der Waals surface area (Å²) in [6.45, 7) is 0. The minimum absolute atomic E-state index is 0.312. The first-order valence-corrected chi connectivity index (χ1v) is 6.24. The molecule has 4 aromatic rings. The summed E-state index contributed by atoms with van der Waals surface area (Å²) >= 11 is 0. The van der Waals surface area contributed by atoms with E-state index >= 15 is 0 Å². The Morgan fingerprint density at radius 3 is 2.00 bits per heavy atom. The van der Waals surface area contributed by atoms with Crippen LogP contribution in [0.5, 0.6) is 0 Å². The molecule has 4 aromatic carbocycles. The fourth-order valence-corrected chi connectivity index (χ4v) is 2.59. The lowest BCUT2D eigenvalue weighted by Crippen LogP contribution is -1.80. The highest BCUT2D eigenvalue weighted by Gasteiger charge is 2.02. The van der Waals surface area contributed by atoms with E-state index in [1.54, 1.807) is 6.07 Å². The molecule has 0 saturated carbocycles. The van der Waals surface area contributed by atoms with Gasteiger partial charge in [0.2, 0.25) is 0 Å². The van der Waals surface area contributed by atoms with E-state index in [0.29, 0.717) is 0 Å². The molecule has 0 aromatic heterocycles. The molecule has 0 heterocycles.